The molecule has 6 heteroatoms. The molecule has 2 aliphatic heterocycles. The van der Waals surface area contributed by atoms with Crippen molar-refractivity contribution in [2.24, 2.45) is 0 Å². The summed E-state index contributed by atoms with van der Waals surface area (Å²) in [7, 11) is 0. The minimum Gasteiger partial charge on any atom is -0.327 e. The highest BCUT2D eigenvalue weighted by atomic mass is 79.9. The third-order valence-electron chi connectivity index (χ3n) is 3.66. The SMILES string of the molecule is Cc1cc(Br)c(=O)n2c1C(=O)NC21CCSCC1. The van der Waals surface area contributed by atoms with Gasteiger partial charge in [-0.25, -0.2) is 0 Å². The maximum atomic E-state index is 12.3. The van der Waals surface area contributed by atoms with Gasteiger partial charge in [-0.1, -0.05) is 0 Å². The number of pyridine rings is 1. The summed E-state index contributed by atoms with van der Waals surface area (Å²) >= 11 is 5.16. The van der Waals surface area contributed by atoms with Crippen molar-refractivity contribution in [1.82, 2.24) is 9.88 Å². The number of hydrogen-bond donors (Lipinski definition) is 1. The molecular formula is C12H13BrN2O2S. The molecule has 96 valence electrons. The van der Waals surface area contributed by atoms with E-state index in [0.29, 0.717) is 10.2 Å². The molecule has 0 atom stereocenters. The van der Waals surface area contributed by atoms with E-state index >= 15 is 0 Å². The third kappa shape index (κ3) is 1.58. The summed E-state index contributed by atoms with van der Waals surface area (Å²) < 4.78 is 2.20. The standard InChI is InChI=1S/C12H13BrN2O2S/c1-7-6-8(13)11(17)15-9(7)10(16)14-12(15)2-4-18-5-3-12/h6H,2-5H2,1H3,(H,14,16). The summed E-state index contributed by atoms with van der Waals surface area (Å²) in [4.78, 5) is 24.5. The van der Waals surface area contributed by atoms with Gasteiger partial charge in [0.05, 0.1) is 4.47 Å². The molecule has 3 rings (SSSR count). The van der Waals surface area contributed by atoms with Gasteiger partial charge in [0.15, 0.2) is 0 Å². The lowest BCUT2D eigenvalue weighted by Gasteiger charge is -2.34. The molecule has 4 nitrogen and oxygen atoms in total. The van der Waals surface area contributed by atoms with Crippen LogP contribution in [-0.4, -0.2) is 22.0 Å². The van der Waals surface area contributed by atoms with Crippen LogP contribution in [0.15, 0.2) is 15.3 Å². The van der Waals surface area contributed by atoms with Crippen LogP contribution in [0.3, 0.4) is 0 Å². The molecule has 2 aliphatic rings. The van der Waals surface area contributed by atoms with Crippen molar-refractivity contribution in [3.63, 3.8) is 0 Å². The van der Waals surface area contributed by atoms with Gasteiger partial charge in [0.2, 0.25) is 0 Å². The number of aryl methyl sites for hydroxylation is 1. The van der Waals surface area contributed by atoms with Crippen LogP contribution in [0.2, 0.25) is 0 Å². The van der Waals surface area contributed by atoms with E-state index in [1.165, 1.54) is 0 Å². The van der Waals surface area contributed by atoms with E-state index in [1.54, 1.807) is 10.6 Å². The summed E-state index contributed by atoms with van der Waals surface area (Å²) in [6.45, 7) is 1.87. The quantitative estimate of drug-likeness (QED) is 0.790. The molecular weight excluding hydrogens is 316 g/mol. The van der Waals surface area contributed by atoms with E-state index in [-0.39, 0.29) is 11.5 Å². The van der Waals surface area contributed by atoms with Gasteiger partial charge in [-0.15, -0.1) is 0 Å². The fraction of sp³-hybridized carbons (Fsp3) is 0.500. The largest absolute Gasteiger partial charge is 0.327 e. The Hall–Kier alpha value is -0.750. The molecule has 1 aromatic rings. The minimum atomic E-state index is -0.497. The first-order chi connectivity index (χ1) is 8.55. The molecule has 1 N–H and O–H groups in total. The highest BCUT2D eigenvalue weighted by Gasteiger charge is 2.45. The smallest absolute Gasteiger partial charge is 0.270 e. The zero-order valence-corrected chi connectivity index (χ0v) is 12.4. The molecule has 0 radical (unpaired) electrons. The van der Waals surface area contributed by atoms with Crippen molar-refractivity contribution in [3.8, 4) is 0 Å². The van der Waals surface area contributed by atoms with Gasteiger partial charge in [-0.2, -0.15) is 11.8 Å². The van der Waals surface area contributed by atoms with E-state index in [9.17, 15) is 9.59 Å². The number of rotatable bonds is 0. The molecule has 1 fully saturated rings. The summed E-state index contributed by atoms with van der Waals surface area (Å²) in [5.41, 5.74) is 0.758. The summed E-state index contributed by atoms with van der Waals surface area (Å²) in [5.74, 6) is 1.82. The molecule has 0 aliphatic carbocycles. The maximum absolute atomic E-state index is 12.3. The fourth-order valence-electron chi connectivity index (χ4n) is 2.78. The van der Waals surface area contributed by atoms with Crippen LogP contribution in [0, 0.1) is 6.92 Å². The first-order valence-corrected chi connectivity index (χ1v) is 7.83. The Labute approximate surface area is 117 Å². The molecule has 0 saturated carbocycles. The van der Waals surface area contributed by atoms with E-state index in [4.69, 9.17) is 0 Å². The predicted molar refractivity (Wildman–Crippen MR) is 75.1 cm³/mol. The van der Waals surface area contributed by atoms with Crippen molar-refractivity contribution < 1.29 is 4.79 Å². The Kier molecular flexibility index (Phi) is 2.82. The Morgan fingerprint density at radius 2 is 2.06 bits per heavy atom. The van der Waals surface area contributed by atoms with Crippen molar-refractivity contribution in [1.29, 1.82) is 0 Å². The summed E-state index contributed by atoms with van der Waals surface area (Å²) in [5, 5.41) is 3.03. The van der Waals surface area contributed by atoms with Crippen LogP contribution in [-0.2, 0) is 5.66 Å². The Bertz CT molecular complexity index is 590. The first-order valence-electron chi connectivity index (χ1n) is 5.88. The Morgan fingerprint density at radius 1 is 1.39 bits per heavy atom. The van der Waals surface area contributed by atoms with Crippen LogP contribution in [0.1, 0.15) is 28.9 Å². The minimum absolute atomic E-state index is 0.110. The van der Waals surface area contributed by atoms with Crippen LogP contribution in [0.4, 0.5) is 0 Å². The molecule has 1 saturated heterocycles. The number of carbonyl (C=O) groups excluding carboxylic acids is 1. The number of nitrogens with zero attached hydrogens (tertiary/aromatic N) is 1. The van der Waals surface area contributed by atoms with Crippen LogP contribution in [0.5, 0.6) is 0 Å². The Balaban J connectivity index is 2.29. The molecule has 1 spiro atoms. The van der Waals surface area contributed by atoms with Gasteiger partial charge < -0.3 is 5.32 Å². The van der Waals surface area contributed by atoms with Crippen molar-refractivity contribution in [2.45, 2.75) is 25.4 Å². The van der Waals surface area contributed by atoms with Gasteiger partial charge in [0, 0.05) is 0 Å². The van der Waals surface area contributed by atoms with Gasteiger partial charge in [-0.05, 0) is 58.8 Å². The van der Waals surface area contributed by atoms with E-state index in [2.05, 4.69) is 21.2 Å². The monoisotopic (exact) mass is 328 g/mol. The number of nitrogens with one attached hydrogen (secondary N) is 1. The van der Waals surface area contributed by atoms with Gasteiger partial charge in [0.1, 0.15) is 11.4 Å². The highest BCUT2D eigenvalue weighted by Crippen LogP contribution is 2.36. The number of aromatic nitrogens is 1. The molecule has 1 amide bonds. The Morgan fingerprint density at radius 3 is 2.72 bits per heavy atom. The second-order valence-electron chi connectivity index (χ2n) is 4.76. The lowest BCUT2D eigenvalue weighted by atomic mass is 10.0. The summed E-state index contributed by atoms with van der Waals surface area (Å²) in [6.07, 6.45) is 1.62. The van der Waals surface area contributed by atoms with Gasteiger partial charge >= 0.3 is 0 Å². The lowest BCUT2D eigenvalue weighted by molar-refractivity contribution is 0.0909. The van der Waals surface area contributed by atoms with Crippen molar-refractivity contribution in [2.75, 3.05) is 11.5 Å². The first kappa shape index (κ1) is 12.3. The number of hydrogen-bond acceptors (Lipinski definition) is 3. The fourth-order valence-corrected chi connectivity index (χ4v) is 4.47. The molecule has 18 heavy (non-hydrogen) atoms. The average Bonchev–Trinajstić information content (AvgIpc) is 2.60. The van der Waals surface area contributed by atoms with Crippen LogP contribution < -0.4 is 10.9 Å². The zero-order chi connectivity index (χ0) is 12.9. The molecule has 0 unspecified atom stereocenters. The molecule has 3 heterocycles. The maximum Gasteiger partial charge on any atom is 0.270 e. The number of thioether (sulfide) groups is 1. The lowest BCUT2D eigenvalue weighted by Crippen LogP contribution is -2.49. The normalized spacial score (nSPS) is 20.9. The number of amides is 1. The second kappa shape index (κ2) is 4.13. The van der Waals surface area contributed by atoms with E-state index in [0.717, 1.165) is 29.9 Å². The number of halogens is 1. The van der Waals surface area contributed by atoms with Gasteiger partial charge in [-0.3, -0.25) is 14.2 Å². The molecule has 1 aromatic heterocycles. The average molecular weight is 329 g/mol. The van der Waals surface area contributed by atoms with E-state index in [1.807, 2.05) is 18.7 Å². The van der Waals surface area contributed by atoms with Crippen LogP contribution in [0.25, 0.3) is 0 Å². The summed E-state index contributed by atoms with van der Waals surface area (Å²) in [6, 6.07) is 1.73. The third-order valence-corrected chi connectivity index (χ3v) is 5.21. The van der Waals surface area contributed by atoms with Crippen LogP contribution >= 0.6 is 27.7 Å². The molecule has 0 bridgehead atoms. The van der Waals surface area contributed by atoms with Gasteiger partial charge in [0.25, 0.3) is 11.5 Å². The topological polar surface area (TPSA) is 51.1 Å². The second-order valence-corrected chi connectivity index (χ2v) is 6.84. The van der Waals surface area contributed by atoms with Crippen molar-refractivity contribution in [3.05, 3.63) is 32.2 Å². The molecule has 0 aromatic carbocycles. The number of fused-ring (bicyclic) bond motifs is 2. The zero-order valence-electron chi connectivity index (χ0n) is 9.96. The van der Waals surface area contributed by atoms with E-state index < -0.39 is 5.66 Å². The highest BCUT2D eigenvalue weighted by molar-refractivity contribution is 9.10. The number of carbonyl (C=O) groups is 1. The van der Waals surface area contributed by atoms with Crippen molar-refractivity contribution >= 4 is 33.6 Å². The predicted octanol–water partition coefficient (Wildman–Crippen LogP) is 1.84.